The van der Waals surface area contributed by atoms with Gasteiger partial charge >= 0.3 is 0 Å². The third-order valence-electron chi connectivity index (χ3n) is 2.74. The number of nitrogens with zero attached hydrogens (tertiary/aromatic N) is 1. The van der Waals surface area contributed by atoms with E-state index in [9.17, 15) is 0 Å². The van der Waals surface area contributed by atoms with Crippen molar-refractivity contribution in [1.29, 1.82) is 0 Å². The third kappa shape index (κ3) is 1.93. The van der Waals surface area contributed by atoms with Crippen LogP contribution in [-0.2, 0) is 4.74 Å². The molecule has 2 aliphatic heterocycles. The Kier molecular flexibility index (Phi) is 2.89. The molecule has 0 aromatic rings. The maximum atomic E-state index is 5.73. The minimum absolute atomic E-state index is 0.515. The molecular weight excluding hydrogens is 174 g/mol. The van der Waals surface area contributed by atoms with Crippen LogP contribution in [0.15, 0.2) is 0 Å². The van der Waals surface area contributed by atoms with Crippen LogP contribution < -0.4 is 0 Å². The van der Waals surface area contributed by atoms with Crippen molar-refractivity contribution in [2.45, 2.75) is 18.9 Å². The van der Waals surface area contributed by atoms with Crippen molar-refractivity contribution < 1.29 is 4.74 Å². The Bertz CT molecular complexity index is 141. The van der Waals surface area contributed by atoms with E-state index in [1.807, 2.05) is 0 Å². The Balaban J connectivity index is 1.62. The van der Waals surface area contributed by atoms with Gasteiger partial charge < -0.3 is 9.64 Å². The van der Waals surface area contributed by atoms with Crippen molar-refractivity contribution in [1.82, 2.24) is 4.90 Å². The van der Waals surface area contributed by atoms with Crippen LogP contribution in [0.25, 0.3) is 0 Å². The molecule has 0 aliphatic carbocycles. The highest BCUT2D eigenvalue weighted by Crippen LogP contribution is 2.20. The van der Waals surface area contributed by atoms with Crippen LogP contribution in [0, 0.1) is 5.92 Å². The van der Waals surface area contributed by atoms with Crippen LogP contribution in [-0.4, -0.2) is 43.1 Å². The molecular formula is C9H16ClNO. The first kappa shape index (κ1) is 8.79. The molecule has 0 spiro atoms. The summed E-state index contributed by atoms with van der Waals surface area (Å²) in [7, 11) is 0. The highest BCUT2D eigenvalue weighted by Gasteiger charge is 2.28. The second-order valence-corrected chi connectivity index (χ2v) is 4.18. The molecule has 0 saturated carbocycles. The zero-order valence-electron chi connectivity index (χ0n) is 7.34. The Hall–Kier alpha value is 0.210. The quantitative estimate of drug-likeness (QED) is 0.622. The molecule has 2 heterocycles. The zero-order chi connectivity index (χ0) is 8.39. The minimum Gasteiger partial charge on any atom is -0.377 e. The summed E-state index contributed by atoms with van der Waals surface area (Å²) in [4.78, 5) is 2.45. The number of halogens is 1. The molecule has 0 N–H and O–H groups in total. The molecule has 0 aromatic heterocycles. The molecule has 2 saturated heterocycles. The highest BCUT2D eigenvalue weighted by atomic mass is 35.5. The fourth-order valence-electron chi connectivity index (χ4n) is 2.00. The molecule has 12 heavy (non-hydrogen) atoms. The van der Waals surface area contributed by atoms with Gasteiger partial charge in [-0.25, -0.2) is 0 Å². The monoisotopic (exact) mass is 189 g/mol. The van der Waals surface area contributed by atoms with Crippen molar-refractivity contribution in [3.8, 4) is 0 Å². The highest BCUT2D eigenvalue weighted by molar-refractivity contribution is 6.18. The second-order valence-electron chi connectivity index (χ2n) is 3.87. The van der Waals surface area contributed by atoms with Gasteiger partial charge in [-0.15, -0.1) is 11.6 Å². The molecule has 0 aromatic carbocycles. The Morgan fingerprint density at radius 3 is 2.83 bits per heavy atom. The third-order valence-corrected chi connectivity index (χ3v) is 3.17. The zero-order valence-corrected chi connectivity index (χ0v) is 8.09. The van der Waals surface area contributed by atoms with Crippen molar-refractivity contribution in [2.24, 2.45) is 5.92 Å². The summed E-state index contributed by atoms with van der Waals surface area (Å²) in [6.07, 6.45) is 3.01. The van der Waals surface area contributed by atoms with Gasteiger partial charge in [0.2, 0.25) is 0 Å². The summed E-state index contributed by atoms with van der Waals surface area (Å²) in [5.74, 6) is 1.57. The number of ether oxygens (including phenoxy) is 1. The molecule has 0 bridgehead atoms. The van der Waals surface area contributed by atoms with Crippen LogP contribution in [0.2, 0.25) is 0 Å². The van der Waals surface area contributed by atoms with Crippen LogP contribution >= 0.6 is 11.6 Å². The van der Waals surface area contributed by atoms with Gasteiger partial charge in [-0.05, 0) is 18.8 Å². The first-order chi connectivity index (χ1) is 5.88. The van der Waals surface area contributed by atoms with E-state index in [2.05, 4.69) is 4.90 Å². The average molecular weight is 190 g/mol. The lowest BCUT2D eigenvalue weighted by Crippen LogP contribution is -2.50. The average Bonchev–Trinajstić information content (AvgIpc) is 2.47. The Labute approximate surface area is 78.8 Å². The topological polar surface area (TPSA) is 12.5 Å². The van der Waals surface area contributed by atoms with E-state index in [0.29, 0.717) is 6.10 Å². The number of hydrogen-bond donors (Lipinski definition) is 0. The molecule has 2 fully saturated rings. The van der Waals surface area contributed by atoms with Crippen molar-refractivity contribution >= 4 is 11.6 Å². The summed E-state index contributed by atoms with van der Waals surface area (Å²) in [5.41, 5.74) is 0. The van der Waals surface area contributed by atoms with Crippen molar-refractivity contribution in [3.63, 3.8) is 0 Å². The van der Waals surface area contributed by atoms with Gasteiger partial charge in [-0.3, -0.25) is 0 Å². The molecule has 2 aliphatic rings. The van der Waals surface area contributed by atoms with E-state index in [-0.39, 0.29) is 0 Å². The molecule has 2 nitrogen and oxygen atoms in total. The van der Waals surface area contributed by atoms with Gasteiger partial charge in [0, 0.05) is 32.1 Å². The lowest BCUT2D eigenvalue weighted by Gasteiger charge is -2.39. The van der Waals surface area contributed by atoms with Crippen LogP contribution in [0.5, 0.6) is 0 Å². The lowest BCUT2D eigenvalue weighted by molar-refractivity contribution is 0.0299. The van der Waals surface area contributed by atoms with E-state index >= 15 is 0 Å². The largest absolute Gasteiger partial charge is 0.377 e. The summed E-state index contributed by atoms with van der Waals surface area (Å²) in [6.45, 7) is 4.47. The van der Waals surface area contributed by atoms with Crippen LogP contribution in [0.3, 0.4) is 0 Å². The molecule has 2 rings (SSSR count). The fraction of sp³-hybridized carbons (Fsp3) is 1.00. The van der Waals surface area contributed by atoms with Gasteiger partial charge in [0.05, 0.1) is 6.10 Å². The second kappa shape index (κ2) is 3.95. The normalized spacial score (nSPS) is 32.2. The summed E-state index contributed by atoms with van der Waals surface area (Å²) < 4.78 is 5.55. The minimum atomic E-state index is 0.515. The SMILES string of the molecule is ClCC1CN(CC2CCCO2)C1. The van der Waals surface area contributed by atoms with E-state index < -0.39 is 0 Å². The number of alkyl halides is 1. The predicted octanol–water partition coefficient (Wildman–Crippen LogP) is 1.34. The van der Waals surface area contributed by atoms with Crippen molar-refractivity contribution in [2.75, 3.05) is 32.1 Å². The van der Waals surface area contributed by atoms with Gasteiger partial charge in [-0.2, -0.15) is 0 Å². The van der Waals surface area contributed by atoms with E-state index in [1.54, 1.807) is 0 Å². The maximum Gasteiger partial charge on any atom is 0.0702 e. The van der Waals surface area contributed by atoms with Gasteiger partial charge in [-0.1, -0.05) is 0 Å². The molecule has 1 unspecified atom stereocenters. The molecule has 70 valence electrons. The summed E-state index contributed by atoms with van der Waals surface area (Å²) in [5, 5.41) is 0. The van der Waals surface area contributed by atoms with Crippen LogP contribution in [0.1, 0.15) is 12.8 Å². The molecule has 1 atom stereocenters. The molecule has 0 amide bonds. The van der Waals surface area contributed by atoms with Crippen molar-refractivity contribution in [3.05, 3.63) is 0 Å². The maximum absolute atomic E-state index is 5.73. The smallest absolute Gasteiger partial charge is 0.0702 e. The lowest BCUT2D eigenvalue weighted by atomic mass is 10.0. The fourth-order valence-corrected chi connectivity index (χ4v) is 2.19. The van der Waals surface area contributed by atoms with E-state index in [4.69, 9.17) is 16.3 Å². The summed E-state index contributed by atoms with van der Waals surface area (Å²) >= 11 is 5.73. The van der Waals surface area contributed by atoms with Gasteiger partial charge in [0.1, 0.15) is 0 Å². The van der Waals surface area contributed by atoms with Gasteiger partial charge in [0.25, 0.3) is 0 Å². The van der Waals surface area contributed by atoms with Gasteiger partial charge in [0.15, 0.2) is 0 Å². The first-order valence-corrected chi connectivity index (χ1v) is 5.32. The first-order valence-electron chi connectivity index (χ1n) is 4.78. The predicted molar refractivity (Wildman–Crippen MR) is 49.6 cm³/mol. The molecule has 0 radical (unpaired) electrons. The number of rotatable bonds is 3. The molecule has 3 heteroatoms. The van der Waals surface area contributed by atoms with E-state index in [1.165, 1.54) is 25.9 Å². The van der Waals surface area contributed by atoms with E-state index in [0.717, 1.165) is 24.9 Å². The summed E-state index contributed by atoms with van der Waals surface area (Å²) in [6, 6.07) is 0. The number of hydrogen-bond acceptors (Lipinski definition) is 2. The Morgan fingerprint density at radius 2 is 2.25 bits per heavy atom. The Morgan fingerprint density at radius 1 is 1.42 bits per heavy atom. The standard InChI is InChI=1S/C9H16ClNO/c10-4-8-5-11(6-8)7-9-2-1-3-12-9/h8-9H,1-7H2. The van der Waals surface area contributed by atoms with Crippen LogP contribution in [0.4, 0.5) is 0 Å². The number of likely N-dealkylation sites (tertiary alicyclic amines) is 1.